The Hall–Kier alpha value is -1.42. The number of hydrogen-bond acceptors (Lipinski definition) is 4. The van der Waals surface area contributed by atoms with Crippen LogP contribution in [-0.2, 0) is 10.0 Å². The van der Waals surface area contributed by atoms with Gasteiger partial charge in [0, 0.05) is 13.6 Å². The number of nitrogens with zero attached hydrogens (tertiary/aromatic N) is 2. The molecule has 19 heavy (non-hydrogen) atoms. The van der Waals surface area contributed by atoms with Crippen molar-refractivity contribution in [3.05, 3.63) is 29.8 Å². The summed E-state index contributed by atoms with van der Waals surface area (Å²) in [6.07, 6.45) is 0.979. The maximum atomic E-state index is 12.4. The summed E-state index contributed by atoms with van der Waals surface area (Å²) in [6.45, 7) is 0.374. The number of nitriles is 1. The van der Waals surface area contributed by atoms with Crippen molar-refractivity contribution in [3.8, 4) is 6.07 Å². The van der Waals surface area contributed by atoms with Crippen molar-refractivity contribution < 1.29 is 13.5 Å². The summed E-state index contributed by atoms with van der Waals surface area (Å²) in [7, 11) is -2.13. The SMILES string of the molecule is CN(CC1CC(O)C1)S(=O)(=O)c1ccccc1C#N. The smallest absolute Gasteiger partial charge is 0.244 e. The molecule has 6 heteroatoms. The number of benzene rings is 1. The van der Waals surface area contributed by atoms with Gasteiger partial charge in [0.05, 0.1) is 16.6 Å². The highest BCUT2D eigenvalue weighted by Crippen LogP contribution is 2.29. The molecule has 1 aromatic rings. The monoisotopic (exact) mass is 280 g/mol. The van der Waals surface area contributed by atoms with Crippen LogP contribution in [-0.4, -0.2) is 37.5 Å². The Morgan fingerprint density at radius 2 is 2.05 bits per heavy atom. The quantitative estimate of drug-likeness (QED) is 0.890. The van der Waals surface area contributed by atoms with Gasteiger partial charge in [0.15, 0.2) is 0 Å². The molecule has 1 aromatic carbocycles. The predicted octanol–water partition coefficient (Wildman–Crippen LogP) is 0.950. The van der Waals surface area contributed by atoms with Gasteiger partial charge < -0.3 is 5.11 Å². The van der Waals surface area contributed by atoms with Crippen molar-refractivity contribution in [1.29, 1.82) is 5.26 Å². The summed E-state index contributed by atoms with van der Waals surface area (Å²) < 4.78 is 26.0. The minimum Gasteiger partial charge on any atom is -0.393 e. The maximum Gasteiger partial charge on any atom is 0.244 e. The lowest BCUT2D eigenvalue weighted by molar-refractivity contribution is 0.0367. The van der Waals surface area contributed by atoms with E-state index in [0.717, 1.165) is 0 Å². The second kappa shape index (κ2) is 5.29. The fraction of sp³-hybridized carbons (Fsp3) is 0.462. The van der Waals surface area contributed by atoms with E-state index >= 15 is 0 Å². The van der Waals surface area contributed by atoms with E-state index in [-0.39, 0.29) is 22.5 Å². The summed E-state index contributed by atoms with van der Waals surface area (Å²) in [5.74, 6) is 0.198. The normalized spacial score (nSPS) is 22.8. The Labute approximate surface area is 113 Å². The van der Waals surface area contributed by atoms with Gasteiger partial charge in [0.25, 0.3) is 0 Å². The zero-order chi connectivity index (χ0) is 14.0. The van der Waals surface area contributed by atoms with Gasteiger partial charge in [0.2, 0.25) is 10.0 Å². The van der Waals surface area contributed by atoms with Crippen LogP contribution in [0.25, 0.3) is 0 Å². The molecule has 0 bridgehead atoms. The molecule has 1 N–H and O–H groups in total. The van der Waals surface area contributed by atoms with Crippen LogP contribution in [0.2, 0.25) is 0 Å². The molecule has 0 unspecified atom stereocenters. The molecule has 5 nitrogen and oxygen atoms in total. The van der Waals surface area contributed by atoms with Crippen molar-refractivity contribution in [3.63, 3.8) is 0 Å². The summed E-state index contributed by atoms with van der Waals surface area (Å²) in [4.78, 5) is 0.0415. The molecule has 1 aliphatic rings. The van der Waals surface area contributed by atoms with Crippen LogP contribution in [0.1, 0.15) is 18.4 Å². The van der Waals surface area contributed by atoms with E-state index in [0.29, 0.717) is 19.4 Å². The molecule has 1 fully saturated rings. The molecule has 0 aromatic heterocycles. The Kier molecular flexibility index (Phi) is 3.90. The van der Waals surface area contributed by atoms with Gasteiger partial charge in [-0.3, -0.25) is 0 Å². The first-order valence-corrected chi connectivity index (χ1v) is 7.52. The maximum absolute atomic E-state index is 12.4. The van der Waals surface area contributed by atoms with Crippen LogP contribution in [0.5, 0.6) is 0 Å². The van der Waals surface area contributed by atoms with Crippen molar-refractivity contribution in [2.75, 3.05) is 13.6 Å². The van der Waals surface area contributed by atoms with Crippen LogP contribution in [0, 0.1) is 17.2 Å². The van der Waals surface area contributed by atoms with Gasteiger partial charge in [0.1, 0.15) is 6.07 Å². The third-order valence-corrected chi connectivity index (χ3v) is 5.30. The second-order valence-corrected chi connectivity index (χ2v) is 6.90. The van der Waals surface area contributed by atoms with Crippen LogP contribution < -0.4 is 0 Å². The lowest BCUT2D eigenvalue weighted by Crippen LogP contribution is -2.39. The molecule has 102 valence electrons. The van der Waals surface area contributed by atoms with Crippen LogP contribution in [0.15, 0.2) is 29.2 Å². The second-order valence-electron chi connectivity index (χ2n) is 4.88. The third kappa shape index (κ3) is 2.78. The molecule has 0 atom stereocenters. The molecule has 0 amide bonds. The fourth-order valence-electron chi connectivity index (χ4n) is 2.26. The largest absolute Gasteiger partial charge is 0.393 e. The molecule has 0 heterocycles. The van der Waals surface area contributed by atoms with E-state index in [9.17, 15) is 13.5 Å². The van der Waals surface area contributed by atoms with Gasteiger partial charge in [-0.1, -0.05) is 12.1 Å². The molecule has 0 radical (unpaired) electrons. The highest BCUT2D eigenvalue weighted by molar-refractivity contribution is 7.89. The van der Waals surface area contributed by atoms with E-state index in [1.165, 1.54) is 23.5 Å². The average Bonchev–Trinajstić information content (AvgIpc) is 2.36. The van der Waals surface area contributed by atoms with Crippen molar-refractivity contribution >= 4 is 10.0 Å². The first-order chi connectivity index (χ1) is 8.95. The Morgan fingerprint density at radius 1 is 1.42 bits per heavy atom. The molecule has 0 aliphatic heterocycles. The first-order valence-electron chi connectivity index (χ1n) is 6.08. The zero-order valence-corrected chi connectivity index (χ0v) is 11.5. The van der Waals surface area contributed by atoms with Gasteiger partial charge in [-0.15, -0.1) is 0 Å². The van der Waals surface area contributed by atoms with E-state index < -0.39 is 10.0 Å². The predicted molar refractivity (Wildman–Crippen MR) is 69.7 cm³/mol. The number of aliphatic hydroxyl groups is 1. The van der Waals surface area contributed by atoms with Crippen molar-refractivity contribution in [2.24, 2.45) is 5.92 Å². The number of rotatable bonds is 4. The van der Waals surface area contributed by atoms with Crippen LogP contribution >= 0.6 is 0 Å². The molecule has 1 saturated carbocycles. The molecular formula is C13H16N2O3S. The molecule has 0 spiro atoms. The zero-order valence-electron chi connectivity index (χ0n) is 10.7. The number of aliphatic hydroxyl groups excluding tert-OH is 1. The fourth-order valence-corrected chi connectivity index (χ4v) is 3.65. The van der Waals surface area contributed by atoms with Gasteiger partial charge in [-0.05, 0) is 30.9 Å². The molecule has 0 saturated heterocycles. The summed E-state index contributed by atoms with van der Waals surface area (Å²) in [6, 6.07) is 8.08. The van der Waals surface area contributed by atoms with Crippen molar-refractivity contribution in [1.82, 2.24) is 4.31 Å². The Morgan fingerprint density at radius 3 is 2.63 bits per heavy atom. The summed E-state index contributed by atoms with van der Waals surface area (Å²) in [5.41, 5.74) is 0.156. The minimum atomic E-state index is -3.64. The number of hydrogen-bond donors (Lipinski definition) is 1. The Balaban J connectivity index is 2.20. The lowest BCUT2D eigenvalue weighted by atomic mass is 9.82. The van der Waals surface area contributed by atoms with Crippen molar-refractivity contribution in [2.45, 2.75) is 23.8 Å². The molecule has 2 rings (SSSR count). The Bertz CT molecular complexity index is 601. The highest BCUT2D eigenvalue weighted by Gasteiger charge is 2.32. The highest BCUT2D eigenvalue weighted by atomic mass is 32.2. The number of sulfonamides is 1. The lowest BCUT2D eigenvalue weighted by Gasteiger charge is -2.34. The van der Waals surface area contributed by atoms with E-state index in [1.807, 2.05) is 6.07 Å². The standard InChI is InChI=1S/C13H16N2O3S/c1-15(9-10-6-12(16)7-10)19(17,18)13-5-3-2-4-11(13)8-14/h2-5,10,12,16H,6-7,9H2,1H3. The topological polar surface area (TPSA) is 81.4 Å². The summed E-state index contributed by atoms with van der Waals surface area (Å²) >= 11 is 0. The van der Waals surface area contributed by atoms with E-state index in [4.69, 9.17) is 5.26 Å². The van der Waals surface area contributed by atoms with Crippen LogP contribution in [0.3, 0.4) is 0 Å². The van der Waals surface area contributed by atoms with Gasteiger partial charge >= 0.3 is 0 Å². The minimum absolute atomic E-state index is 0.0415. The van der Waals surface area contributed by atoms with E-state index in [2.05, 4.69) is 0 Å². The summed E-state index contributed by atoms with van der Waals surface area (Å²) in [5, 5.41) is 18.2. The van der Waals surface area contributed by atoms with Crippen LogP contribution in [0.4, 0.5) is 0 Å². The third-order valence-electron chi connectivity index (χ3n) is 3.42. The van der Waals surface area contributed by atoms with Gasteiger partial charge in [-0.2, -0.15) is 5.26 Å². The van der Waals surface area contributed by atoms with Gasteiger partial charge in [-0.25, -0.2) is 12.7 Å². The molecular weight excluding hydrogens is 264 g/mol. The first kappa shape index (κ1) is 14.0. The molecule has 1 aliphatic carbocycles. The average molecular weight is 280 g/mol. The van der Waals surface area contributed by atoms with E-state index in [1.54, 1.807) is 12.1 Å².